The Kier molecular flexibility index (Phi) is 4.70. The number of nitrogens with zero attached hydrogens (tertiary/aromatic N) is 2. The lowest BCUT2D eigenvalue weighted by atomic mass is 10.0. The summed E-state index contributed by atoms with van der Waals surface area (Å²) in [6, 6.07) is 9.32. The van der Waals surface area contributed by atoms with Crippen LogP contribution in [0.15, 0.2) is 54.7 Å². The average Bonchev–Trinajstić information content (AvgIpc) is 3.10. The number of hydrogen-bond acceptors (Lipinski definition) is 2. The van der Waals surface area contributed by atoms with Gasteiger partial charge in [-0.25, -0.2) is 18.3 Å². The van der Waals surface area contributed by atoms with E-state index in [1.54, 1.807) is 6.07 Å². The Balaban J connectivity index is 2.08. The minimum absolute atomic E-state index is 0.0130. The van der Waals surface area contributed by atoms with E-state index >= 15 is 0 Å². The number of hydrogen-bond donors (Lipinski definition) is 1. The third-order valence-electron chi connectivity index (χ3n) is 4.01. The van der Waals surface area contributed by atoms with Gasteiger partial charge < -0.3 is 5.11 Å². The Hall–Kier alpha value is -3.23. The Bertz CT molecular complexity index is 1000. The molecule has 0 unspecified atom stereocenters. The third-order valence-corrected chi connectivity index (χ3v) is 4.01. The molecule has 0 spiro atoms. The quantitative estimate of drug-likeness (QED) is 0.604. The van der Waals surface area contributed by atoms with Gasteiger partial charge in [0.25, 0.3) is 5.92 Å². The van der Waals surface area contributed by atoms with Crippen molar-refractivity contribution in [2.24, 2.45) is 0 Å². The molecule has 0 bridgehead atoms. The van der Waals surface area contributed by atoms with Crippen LogP contribution in [-0.2, 0) is 12.1 Å². The maximum atomic E-state index is 13.7. The highest BCUT2D eigenvalue weighted by molar-refractivity contribution is 5.89. The smallest absolute Gasteiger partial charge is 0.416 e. The second-order valence-electron chi connectivity index (χ2n) is 6.19. The fourth-order valence-electron chi connectivity index (χ4n) is 2.59. The van der Waals surface area contributed by atoms with E-state index in [9.17, 15) is 26.7 Å². The first-order valence-corrected chi connectivity index (χ1v) is 7.95. The number of halogens is 5. The van der Waals surface area contributed by atoms with E-state index in [1.165, 1.54) is 30.5 Å². The zero-order valence-corrected chi connectivity index (χ0v) is 14.3. The number of alkyl halides is 5. The molecule has 28 heavy (non-hydrogen) atoms. The molecule has 3 rings (SSSR count). The second-order valence-corrected chi connectivity index (χ2v) is 6.19. The molecule has 0 saturated carbocycles. The highest BCUT2D eigenvalue weighted by Crippen LogP contribution is 2.36. The summed E-state index contributed by atoms with van der Waals surface area (Å²) in [6.45, 7) is 0.512. The van der Waals surface area contributed by atoms with Crippen molar-refractivity contribution in [1.29, 1.82) is 0 Å². The molecular weight excluding hydrogens is 383 g/mol. The molecule has 0 atom stereocenters. The first kappa shape index (κ1) is 19.5. The zero-order valence-electron chi connectivity index (χ0n) is 14.3. The fraction of sp³-hybridized carbons (Fsp3) is 0.158. The maximum absolute atomic E-state index is 13.7. The Labute approximate surface area is 155 Å². The molecule has 146 valence electrons. The van der Waals surface area contributed by atoms with Gasteiger partial charge in [-0.1, -0.05) is 12.1 Å². The van der Waals surface area contributed by atoms with Crippen LogP contribution in [0.1, 0.15) is 28.4 Å². The van der Waals surface area contributed by atoms with Crippen molar-refractivity contribution in [2.45, 2.75) is 19.0 Å². The van der Waals surface area contributed by atoms with Gasteiger partial charge in [-0.2, -0.15) is 18.3 Å². The molecular formula is C19H13F5N2O2. The van der Waals surface area contributed by atoms with Crippen LogP contribution in [-0.4, -0.2) is 20.9 Å². The number of carboxylic acids is 1. The van der Waals surface area contributed by atoms with Crippen LogP contribution in [0.2, 0.25) is 0 Å². The van der Waals surface area contributed by atoms with E-state index in [0.717, 1.165) is 16.8 Å². The van der Waals surface area contributed by atoms with Crippen molar-refractivity contribution < 1.29 is 31.9 Å². The minimum Gasteiger partial charge on any atom is -0.478 e. The lowest BCUT2D eigenvalue weighted by Crippen LogP contribution is -2.13. The average molecular weight is 396 g/mol. The molecule has 1 heterocycles. The number of aromatic nitrogens is 2. The van der Waals surface area contributed by atoms with E-state index in [1.807, 2.05) is 0 Å². The topological polar surface area (TPSA) is 55.1 Å². The fourth-order valence-corrected chi connectivity index (χ4v) is 2.59. The van der Waals surface area contributed by atoms with Crippen LogP contribution in [0.25, 0.3) is 16.9 Å². The van der Waals surface area contributed by atoms with Crippen molar-refractivity contribution in [3.05, 3.63) is 71.4 Å². The standard InChI is InChI=1S/C19H13F5N2O2/c1-18(20,21)13-8-14(19(22,23)24)10-15(9-13)26-6-5-16(25-26)11-3-2-4-12(7-11)17(27)28/h2-10H,1H3,(H,27,28). The Morgan fingerprint density at radius 2 is 1.68 bits per heavy atom. The predicted molar refractivity (Wildman–Crippen MR) is 90.5 cm³/mol. The van der Waals surface area contributed by atoms with Crippen molar-refractivity contribution in [2.75, 3.05) is 0 Å². The molecule has 0 saturated heterocycles. The lowest BCUT2D eigenvalue weighted by molar-refractivity contribution is -0.137. The van der Waals surface area contributed by atoms with Crippen LogP contribution in [0.5, 0.6) is 0 Å². The first-order valence-electron chi connectivity index (χ1n) is 7.95. The van der Waals surface area contributed by atoms with Gasteiger partial charge in [0, 0.05) is 24.2 Å². The number of carbonyl (C=O) groups is 1. The Morgan fingerprint density at radius 3 is 2.29 bits per heavy atom. The van der Waals surface area contributed by atoms with Crippen LogP contribution in [0.4, 0.5) is 22.0 Å². The number of carboxylic acid groups (broad SMARTS) is 1. The monoisotopic (exact) mass is 396 g/mol. The summed E-state index contributed by atoms with van der Waals surface area (Å²) in [6.07, 6.45) is -3.49. The number of aromatic carboxylic acids is 1. The summed E-state index contributed by atoms with van der Waals surface area (Å²) in [5, 5.41) is 13.2. The highest BCUT2D eigenvalue weighted by Gasteiger charge is 2.34. The van der Waals surface area contributed by atoms with Crippen LogP contribution < -0.4 is 0 Å². The van der Waals surface area contributed by atoms with Gasteiger partial charge in [0.2, 0.25) is 0 Å². The molecule has 0 amide bonds. The van der Waals surface area contributed by atoms with Gasteiger partial charge in [0.05, 0.1) is 22.5 Å². The van der Waals surface area contributed by atoms with Crippen molar-refractivity contribution in [3.63, 3.8) is 0 Å². The first-order chi connectivity index (χ1) is 12.9. The van der Waals surface area contributed by atoms with E-state index in [4.69, 9.17) is 5.11 Å². The number of rotatable bonds is 4. The molecule has 1 aromatic heterocycles. The molecule has 0 aliphatic rings. The zero-order chi connectivity index (χ0) is 20.7. The molecule has 3 aromatic rings. The largest absolute Gasteiger partial charge is 0.478 e. The van der Waals surface area contributed by atoms with Crippen LogP contribution in [0, 0.1) is 0 Å². The molecule has 0 aliphatic heterocycles. The normalized spacial score (nSPS) is 12.2. The molecule has 2 aromatic carbocycles. The van der Waals surface area contributed by atoms with Gasteiger partial charge in [-0.05, 0) is 36.4 Å². The van der Waals surface area contributed by atoms with Gasteiger partial charge >= 0.3 is 12.1 Å². The lowest BCUT2D eigenvalue weighted by Gasteiger charge is -2.16. The maximum Gasteiger partial charge on any atom is 0.416 e. The molecule has 9 heteroatoms. The minimum atomic E-state index is -4.80. The van der Waals surface area contributed by atoms with E-state index < -0.39 is 29.2 Å². The number of benzene rings is 2. The summed E-state index contributed by atoms with van der Waals surface area (Å²) in [5.41, 5.74) is -1.48. The van der Waals surface area contributed by atoms with E-state index in [0.29, 0.717) is 18.6 Å². The molecule has 0 radical (unpaired) electrons. The van der Waals surface area contributed by atoms with Gasteiger partial charge in [-0.15, -0.1) is 0 Å². The summed E-state index contributed by atoms with van der Waals surface area (Å²) in [5.74, 6) is -4.61. The van der Waals surface area contributed by atoms with Crippen molar-refractivity contribution in [3.8, 4) is 16.9 Å². The molecule has 4 nitrogen and oxygen atoms in total. The summed E-state index contributed by atoms with van der Waals surface area (Å²) < 4.78 is 67.7. The van der Waals surface area contributed by atoms with Gasteiger partial charge in [-0.3, -0.25) is 0 Å². The second kappa shape index (κ2) is 6.74. The summed E-state index contributed by atoms with van der Waals surface area (Å²) in [4.78, 5) is 11.1. The van der Waals surface area contributed by atoms with Crippen LogP contribution >= 0.6 is 0 Å². The van der Waals surface area contributed by atoms with Crippen LogP contribution in [0.3, 0.4) is 0 Å². The summed E-state index contributed by atoms with van der Waals surface area (Å²) in [7, 11) is 0. The third kappa shape index (κ3) is 4.03. The molecule has 0 aliphatic carbocycles. The predicted octanol–water partition coefficient (Wildman–Crippen LogP) is 5.37. The molecule has 1 N–H and O–H groups in total. The van der Waals surface area contributed by atoms with Gasteiger partial charge in [0.1, 0.15) is 0 Å². The van der Waals surface area contributed by atoms with Gasteiger partial charge in [0.15, 0.2) is 0 Å². The molecule has 0 fully saturated rings. The Morgan fingerprint density at radius 1 is 1.00 bits per heavy atom. The summed E-state index contributed by atoms with van der Waals surface area (Å²) >= 11 is 0. The van der Waals surface area contributed by atoms with Crippen molar-refractivity contribution in [1.82, 2.24) is 9.78 Å². The van der Waals surface area contributed by atoms with E-state index in [2.05, 4.69) is 5.10 Å². The highest BCUT2D eigenvalue weighted by atomic mass is 19.4. The SMILES string of the molecule is CC(F)(F)c1cc(-n2ccc(-c3cccc(C(=O)O)c3)n2)cc(C(F)(F)F)c1. The van der Waals surface area contributed by atoms with Crippen molar-refractivity contribution >= 4 is 5.97 Å². The van der Waals surface area contributed by atoms with E-state index in [-0.39, 0.29) is 16.9 Å².